The van der Waals surface area contributed by atoms with Crippen molar-refractivity contribution >= 4 is 27.7 Å². The van der Waals surface area contributed by atoms with E-state index in [1.54, 1.807) is 0 Å². The van der Waals surface area contributed by atoms with E-state index in [1.165, 1.54) is 17.5 Å². The average Bonchev–Trinajstić information content (AvgIpc) is 2.66. The molecule has 0 aliphatic rings. The highest BCUT2D eigenvalue weighted by Crippen LogP contribution is 2.31. The highest BCUT2D eigenvalue weighted by Gasteiger charge is 2.20. The second-order valence-corrected chi connectivity index (χ2v) is 5.27. The number of aromatic carboxylic acids is 1. The van der Waals surface area contributed by atoms with Crippen LogP contribution < -0.4 is 0 Å². The first kappa shape index (κ1) is 12.0. The minimum absolute atomic E-state index is 0.174. The summed E-state index contributed by atoms with van der Waals surface area (Å²) in [6.45, 7) is 5.98. The van der Waals surface area contributed by atoms with Crippen LogP contribution in [0.25, 0.3) is 10.3 Å². The van der Waals surface area contributed by atoms with Gasteiger partial charge in [0.2, 0.25) is 0 Å². The molecule has 4 nitrogen and oxygen atoms in total. The van der Waals surface area contributed by atoms with Gasteiger partial charge in [-0.2, -0.15) is 0 Å². The summed E-state index contributed by atoms with van der Waals surface area (Å²) in [5.41, 5.74) is 1.84. The van der Waals surface area contributed by atoms with Crippen LogP contribution in [-0.2, 0) is 0 Å². The Morgan fingerprint density at radius 1 is 1.59 bits per heavy atom. The molecule has 1 atom stereocenters. The predicted molar refractivity (Wildman–Crippen MR) is 67.8 cm³/mol. The number of pyridine rings is 1. The van der Waals surface area contributed by atoms with Gasteiger partial charge in [-0.1, -0.05) is 25.2 Å². The van der Waals surface area contributed by atoms with Crippen LogP contribution in [0.2, 0.25) is 0 Å². The van der Waals surface area contributed by atoms with Gasteiger partial charge in [-0.25, -0.2) is 14.8 Å². The van der Waals surface area contributed by atoms with Crippen LogP contribution in [0.1, 0.15) is 47.1 Å². The summed E-state index contributed by atoms with van der Waals surface area (Å²) < 4.78 is 0. The number of thiazole rings is 1. The fraction of sp³-hybridized carbons (Fsp3) is 0.417. The minimum atomic E-state index is -0.930. The number of fused-ring (bicyclic) bond motifs is 1. The first-order valence-electron chi connectivity index (χ1n) is 5.54. The Bertz CT molecular complexity index is 577. The number of rotatable bonds is 3. The fourth-order valence-corrected chi connectivity index (χ4v) is 2.65. The first-order valence-corrected chi connectivity index (χ1v) is 6.35. The maximum atomic E-state index is 11.2. The number of hydrogen-bond donors (Lipinski definition) is 1. The lowest BCUT2D eigenvalue weighted by atomic mass is 9.94. The second-order valence-electron chi connectivity index (χ2n) is 4.09. The average molecular weight is 250 g/mol. The molecular formula is C12H14N2O2S. The third-order valence-corrected chi connectivity index (χ3v) is 3.79. The Labute approximate surface area is 103 Å². The van der Waals surface area contributed by atoms with Gasteiger partial charge in [0.15, 0.2) is 0 Å². The zero-order chi connectivity index (χ0) is 12.6. The zero-order valence-electron chi connectivity index (χ0n) is 10.0. The summed E-state index contributed by atoms with van der Waals surface area (Å²) >= 11 is 1.50. The van der Waals surface area contributed by atoms with Crippen molar-refractivity contribution in [3.8, 4) is 0 Å². The Balaban J connectivity index is 2.78. The molecule has 90 valence electrons. The van der Waals surface area contributed by atoms with Gasteiger partial charge in [-0.05, 0) is 24.8 Å². The van der Waals surface area contributed by atoms with E-state index in [0.29, 0.717) is 0 Å². The molecule has 0 aromatic carbocycles. The van der Waals surface area contributed by atoms with Crippen molar-refractivity contribution in [1.82, 2.24) is 9.97 Å². The fourth-order valence-electron chi connectivity index (χ4n) is 1.87. The van der Waals surface area contributed by atoms with Gasteiger partial charge in [0.1, 0.15) is 10.3 Å². The molecule has 2 aromatic rings. The minimum Gasteiger partial charge on any atom is -0.478 e. The van der Waals surface area contributed by atoms with Gasteiger partial charge in [0, 0.05) is 6.20 Å². The molecule has 1 unspecified atom stereocenters. The first-order chi connectivity index (χ1) is 8.04. The largest absolute Gasteiger partial charge is 0.478 e. The number of aryl methyl sites for hydroxylation is 1. The molecule has 0 saturated carbocycles. The third kappa shape index (κ3) is 2.02. The van der Waals surface area contributed by atoms with Crippen LogP contribution >= 0.6 is 11.3 Å². The lowest BCUT2D eigenvalue weighted by Gasteiger charge is -2.12. The van der Waals surface area contributed by atoms with E-state index in [0.717, 1.165) is 27.3 Å². The van der Waals surface area contributed by atoms with Gasteiger partial charge >= 0.3 is 5.97 Å². The lowest BCUT2D eigenvalue weighted by Crippen LogP contribution is -2.07. The number of hydrogen-bond acceptors (Lipinski definition) is 4. The number of carboxylic acids is 1. The van der Waals surface area contributed by atoms with Crippen LogP contribution in [0.3, 0.4) is 0 Å². The summed E-state index contributed by atoms with van der Waals surface area (Å²) in [6.07, 6.45) is 2.33. The molecule has 2 heterocycles. The summed E-state index contributed by atoms with van der Waals surface area (Å²) in [5, 5.41) is 10.1. The Morgan fingerprint density at radius 3 is 2.88 bits per heavy atom. The van der Waals surface area contributed by atoms with Crippen LogP contribution in [-0.4, -0.2) is 21.0 Å². The molecule has 0 aliphatic carbocycles. The van der Waals surface area contributed by atoms with Crippen molar-refractivity contribution in [3.63, 3.8) is 0 Å². The van der Waals surface area contributed by atoms with Gasteiger partial charge in [0.05, 0.1) is 10.6 Å². The van der Waals surface area contributed by atoms with Crippen molar-refractivity contribution in [2.24, 2.45) is 0 Å². The number of carbonyl (C=O) groups is 1. The topological polar surface area (TPSA) is 63.1 Å². The van der Waals surface area contributed by atoms with E-state index in [1.807, 2.05) is 20.8 Å². The van der Waals surface area contributed by atoms with Crippen LogP contribution in [0.15, 0.2) is 6.20 Å². The quantitative estimate of drug-likeness (QED) is 0.908. The van der Waals surface area contributed by atoms with E-state index in [-0.39, 0.29) is 11.5 Å². The number of nitrogens with zero attached hydrogens (tertiary/aromatic N) is 2. The molecule has 1 N–H and O–H groups in total. The molecule has 0 bridgehead atoms. The summed E-state index contributed by atoms with van der Waals surface area (Å²) in [5.74, 6) is -0.756. The van der Waals surface area contributed by atoms with E-state index in [9.17, 15) is 9.90 Å². The van der Waals surface area contributed by atoms with Crippen molar-refractivity contribution in [2.75, 3.05) is 0 Å². The van der Waals surface area contributed by atoms with E-state index in [2.05, 4.69) is 9.97 Å². The standard InChI is InChI=1S/C12H14N2O2S/c1-4-6(2)9-8(12(15)16)5-13-11-10(9)14-7(3)17-11/h5-6H,4H2,1-3H3,(H,15,16). The van der Waals surface area contributed by atoms with E-state index >= 15 is 0 Å². The molecule has 0 amide bonds. The summed E-state index contributed by atoms with van der Waals surface area (Å²) in [4.78, 5) is 20.6. The van der Waals surface area contributed by atoms with Crippen LogP contribution in [0, 0.1) is 6.92 Å². The molecule has 2 rings (SSSR count). The monoisotopic (exact) mass is 250 g/mol. The van der Waals surface area contributed by atoms with Gasteiger partial charge in [-0.15, -0.1) is 0 Å². The number of aromatic nitrogens is 2. The van der Waals surface area contributed by atoms with Gasteiger partial charge in [0.25, 0.3) is 0 Å². The van der Waals surface area contributed by atoms with Crippen molar-refractivity contribution in [3.05, 3.63) is 22.3 Å². The highest BCUT2D eigenvalue weighted by atomic mass is 32.1. The highest BCUT2D eigenvalue weighted by molar-refractivity contribution is 7.18. The van der Waals surface area contributed by atoms with Crippen LogP contribution in [0.5, 0.6) is 0 Å². The Kier molecular flexibility index (Phi) is 3.11. The molecule has 2 aromatic heterocycles. The molecule has 5 heteroatoms. The Morgan fingerprint density at radius 2 is 2.29 bits per heavy atom. The van der Waals surface area contributed by atoms with E-state index in [4.69, 9.17) is 0 Å². The van der Waals surface area contributed by atoms with Gasteiger partial charge < -0.3 is 5.11 Å². The maximum absolute atomic E-state index is 11.2. The smallest absolute Gasteiger partial charge is 0.337 e. The summed E-state index contributed by atoms with van der Waals surface area (Å²) in [7, 11) is 0. The zero-order valence-corrected chi connectivity index (χ0v) is 10.8. The molecule has 0 fully saturated rings. The van der Waals surface area contributed by atoms with Crippen LogP contribution in [0.4, 0.5) is 0 Å². The van der Waals surface area contributed by atoms with Crippen molar-refractivity contribution < 1.29 is 9.90 Å². The number of carboxylic acid groups (broad SMARTS) is 1. The molecule has 0 spiro atoms. The van der Waals surface area contributed by atoms with E-state index < -0.39 is 5.97 Å². The van der Waals surface area contributed by atoms with Gasteiger partial charge in [-0.3, -0.25) is 0 Å². The normalized spacial score (nSPS) is 12.9. The SMILES string of the molecule is CCC(C)c1c(C(=O)O)cnc2sc(C)nc12. The maximum Gasteiger partial charge on any atom is 0.337 e. The van der Waals surface area contributed by atoms with Crippen molar-refractivity contribution in [1.29, 1.82) is 0 Å². The molecular weight excluding hydrogens is 236 g/mol. The molecule has 0 radical (unpaired) electrons. The Hall–Kier alpha value is -1.49. The van der Waals surface area contributed by atoms with Crippen molar-refractivity contribution in [2.45, 2.75) is 33.1 Å². The lowest BCUT2D eigenvalue weighted by molar-refractivity contribution is 0.0695. The molecule has 0 aliphatic heterocycles. The summed E-state index contributed by atoms with van der Waals surface area (Å²) in [6, 6.07) is 0. The molecule has 17 heavy (non-hydrogen) atoms. The second kappa shape index (κ2) is 4.41. The predicted octanol–water partition coefficient (Wildman–Crippen LogP) is 3.21. The third-order valence-electron chi connectivity index (χ3n) is 2.91. The molecule has 0 saturated heterocycles.